The third-order valence-corrected chi connectivity index (χ3v) is 5.76. The highest BCUT2D eigenvalue weighted by atomic mass is 16.6. The van der Waals surface area contributed by atoms with Gasteiger partial charge in [-0.05, 0) is 30.7 Å². The molecule has 0 aliphatic rings. The van der Waals surface area contributed by atoms with Crippen molar-refractivity contribution in [2.75, 3.05) is 71.4 Å². The van der Waals surface area contributed by atoms with E-state index in [0.717, 1.165) is 24.3 Å². The highest BCUT2D eigenvalue weighted by Gasteiger charge is 2.03. The number of carbonyl (C=O) groups is 2. The van der Waals surface area contributed by atoms with E-state index in [1.807, 2.05) is 0 Å². The lowest BCUT2D eigenvalue weighted by molar-refractivity contribution is -0.145. The number of benzene rings is 1. The summed E-state index contributed by atoms with van der Waals surface area (Å²) in [5.74, 6) is 0.474. The average Bonchev–Trinajstić information content (AvgIpc) is 2.92. The van der Waals surface area contributed by atoms with Gasteiger partial charge in [-0.15, -0.1) is 0 Å². The molecule has 224 valence electrons. The minimum Gasteiger partial charge on any atom is -0.491 e. The molecule has 0 aliphatic carbocycles. The minimum absolute atomic E-state index is 0.106. The van der Waals surface area contributed by atoms with Crippen LogP contribution in [0.25, 0.3) is 0 Å². The molecule has 0 radical (unpaired) electrons. The Labute approximate surface area is 235 Å². The number of unbranched alkanes of at least 4 members (excludes halogenated alkanes) is 8. The van der Waals surface area contributed by atoms with Crippen LogP contribution < -0.4 is 10.1 Å². The molecule has 0 bridgehead atoms. The van der Waals surface area contributed by atoms with Crippen LogP contribution in [0.3, 0.4) is 0 Å². The fourth-order valence-electron chi connectivity index (χ4n) is 3.68. The Bertz CT molecular complexity index is 713. The molecule has 0 aliphatic heterocycles. The molecule has 39 heavy (non-hydrogen) atoms. The quantitative estimate of drug-likeness (QED) is 0.112. The van der Waals surface area contributed by atoms with E-state index in [1.165, 1.54) is 51.9 Å². The van der Waals surface area contributed by atoms with Gasteiger partial charge >= 0.3 is 5.97 Å². The zero-order valence-electron chi connectivity index (χ0n) is 24.2. The van der Waals surface area contributed by atoms with Crippen LogP contribution in [0.1, 0.15) is 78.1 Å². The number of rotatable bonds is 27. The molecule has 9 nitrogen and oxygen atoms in total. The van der Waals surface area contributed by atoms with Crippen molar-refractivity contribution in [1.29, 1.82) is 0 Å². The maximum absolute atomic E-state index is 11.7. The van der Waals surface area contributed by atoms with Crippen LogP contribution in [-0.2, 0) is 33.3 Å². The highest BCUT2D eigenvalue weighted by molar-refractivity contribution is 5.88. The number of nitrogens with one attached hydrogen (secondary N) is 1. The molecule has 0 spiro atoms. The second-order valence-electron chi connectivity index (χ2n) is 9.30. The van der Waals surface area contributed by atoms with E-state index < -0.39 is 0 Å². The Hall–Kier alpha value is -2.20. The molecular formula is C30H51NO8. The van der Waals surface area contributed by atoms with Gasteiger partial charge in [0.15, 0.2) is 0 Å². The first kappa shape index (κ1) is 34.8. The molecule has 0 saturated carbocycles. The fraction of sp³-hybridized carbons (Fsp3) is 0.733. The van der Waals surface area contributed by atoms with E-state index in [0.29, 0.717) is 65.9 Å². The first-order chi connectivity index (χ1) is 19.1. The largest absolute Gasteiger partial charge is 0.491 e. The van der Waals surface area contributed by atoms with Crippen LogP contribution in [0, 0.1) is 0 Å². The van der Waals surface area contributed by atoms with Crippen LogP contribution >= 0.6 is 0 Å². The van der Waals surface area contributed by atoms with Crippen molar-refractivity contribution >= 4 is 17.6 Å². The Morgan fingerprint density at radius 1 is 0.615 bits per heavy atom. The third-order valence-electron chi connectivity index (χ3n) is 5.76. The molecule has 0 unspecified atom stereocenters. The van der Waals surface area contributed by atoms with E-state index in [4.69, 9.17) is 28.4 Å². The molecule has 1 N–H and O–H groups in total. The number of hydrogen-bond acceptors (Lipinski definition) is 8. The smallest absolute Gasteiger partial charge is 0.305 e. The van der Waals surface area contributed by atoms with Crippen molar-refractivity contribution in [3.05, 3.63) is 24.3 Å². The molecule has 0 aromatic heterocycles. The second-order valence-corrected chi connectivity index (χ2v) is 9.30. The first-order valence-electron chi connectivity index (χ1n) is 14.6. The molecule has 1 aromatic carbocycles. The summed E-state index contributed by atoms with van der Waals surface area (Å²) in [6.45, 7) is 8.11. The maximum atomic E-state index is 11.7. The van der Waals surface area contributed by atoms with Crippen LogP contribution in [0.4, 0.5) is 5.69 Å². The SMILES string of the molecule is CCCCCCCCCCCC(=O)OCCOCCOCCOCCOCCOc1ccc(NC(C)=O)cc1. The molecule has 1 amide bonds. The van der Waals surface area contributed by atoms with Crippen LogP contribution in [0.15, 0.2) is 24.3 Å². The number of carbonyl (C=O) groups excluding carboxylic acids is 2. The van der Waals surface area contributed by atoms with Gasteiger partial charge < -0.3 is 33.7 Å². The zero-order valence-corrected chi connectivity index (χ0v) is 24.2. The second kappa shape index (κ2) is 26.0. The van der Waals surface area contributed by atoms with E-state index in [-0.39, 0.29) is 18.5 Å². The van der Waals surface area contributed by atoms with E-state index in [1.54, 1.807) is 24.3 Å². The normalized spacial score (nSPS) is 10.9. The number of hydrogen-bond donors (Lipinski definition) is 1. The van der Waals surface area contributed by atoms with Gasteiger partial charge in [0.25, 0.3) is 0 Å². The standard InChI is InChI=1S/C30H51NO8/c1-3-4-5-6-7-8-9-10-11-12-30(33)39-26-24-37-22-20-35-18-17-34-19-21-36-23-25-38-29-15-13-28(14-16-29)31-27(2)32/h13-16H,3-12,17-26H2,1-2H3,(H,31,32). The van der Waals surface area contributed by atoms with Gasteiger partial charge in [0.05, 0.1) is 52.9 Å². The van der Waals surface area contributed by atoms with E-state index >= 15 is 0 Å². The lowest BCUT2D eigenvalue weighted by atomic mass is 10.1. The zero-order chi connectivity index (χ0) is 28.2. The predicted molar refractivity (Wildman–Crippen MR) is 152 cm³/mol. The van der Waals surface area contributed by atoms with Crippen molar-refractivity contribution in [1.82, 2.24) is 0 Å². The minimum atomic E-state index is -0.138. The molecule has 1 aromatic rings. The highest BCUT2D eigenvalue weighted by Crippen LogP contribution is 2.15. The maximum Gasteiger partial charge on any atom is 0.305 e. The third kappa shape index (κ3) is 23.4. The average molecular weight is 554 g/mol. The number of amides is 1. The Kier molecular flexibility index (Phi) is 23.3. The van der Waals surface area contributed by atoms with Gasteiger partial charge in [0.1, 0.15) is 19.0 Å². The summed E-state index contributed by atoms with van der Waals surface area (Å²) in [5, 5.41) is 2.71. The van der Waals surface area contributed by atoms with Crippen molar-refractivity contribution in [3.8, 4) is 5.75 Å². The number of anilines is 1. The van der Waals surface area contributed by atoms with Gasteiger partial charge in [0.2, 0.25) is 5.91 Å². The first-order valence-corrected chi connectivity index (χ1v) is 14.6. The van der Waals surface area contributed by atoms with E-state index in [2.05, 4.69) is 12.2 Å². The van der Waals surface area contributed by atoms with Crippen molar-refractivity contribution in [2.45, 2.75) is 78.1 Å². The Balaban J connectivity index is 1.75. The summed E-state index contributed by atoms with van der Waals surface area (Å²) in [6, 6.07) is 7.18. The lowest BCUT2D eigenvalue weighted by Gasteiger charge is -2.09. The van der Waals surface area contributed by atoms with Crippen LogP contribution in [0.2, 0.25) is 0 Å². The van der Waals surface area contributed by atoms with E-state index in [9.17, 15) is 9.59 Å². The Morgan fingerprint density at radius 3 is 1.59 bits per heavy atom. The summed E-state index contributed by atoms with van der Waals surface area (Å²) in [6.07, 6.45) is 11.6. The number of esters is 1. The van der Waals surface area contributed by atoms with Crippen LogP contribution in [-0.4, -0.2) is 77.9 Å². The van der Waals surface area contributed by atoms with Gasteiger partial charge in [-0.1, -0.05) is 58.3 Å². The lowest BCUT2D eigenvalue weighted by Crippen LogP contribution is -2.15. The Morgan fingerprint density at radius 2 is 1.08 bits per heavy atom. The van der Waals surface area contributed by atoms with Crippen molar-refractivity contribution in [3.63, 3.8) is 0 Å². The summed E-state index contributed by atoms with van der Waals surface area (Å²) in [5.41, 5.74) is 0.733. The molecule has 0 atom stereocenters. The summed E-state index contributed by atoms with van der Waals surface area (Å²) < 4.78 is 32.6. The monoisotopic (exact) mass is 553 g/mol. The molecule has 9 heteroatoms. The van der Waals surface area contributed by atoms with Crippen LogP contribution in [0.5, 0.6) is 5.75 Å². The van der Waals surface area contributed by atoms with Crippen molar-refractivity contribution in [2.24, 2.45) is 0 Å². The molecular weight excluding hydrogens is 502 g/mol. The van der Waals surface area contributed by atoms with Gasteiger partial charge in [-0.25, -0.2) is 0 Å². The van der Waals surface area contributed by atoms with Gasteiger partial charge in [-0.2, -0.15) is 0 Å². The molecule has 0 saturated heterocycles. The summed E-state index contributed by atoms with van der Waals surface area (Å²) in [4.78, 5) is 22.7. The molecule has 0 fully saturated rings. The molecule has 1 rings (SSSR count). The fourth-order valence-corrected chi connectivity index (χ4v) is 3.68. The van der Waals surface area contributed by atoms with Gasteiger partial charge in [0, 0.05) is 19.0 Å². The van der Waals surface area contributed by atoms with Gasteiger partial charge in [-0.3, -0.25) is 9.59 Å². The summed E-state index contributed by atoms with van der Waals surface area (Å²) in [7, 11) is 0. The predicted octanol–water partition coefficient (Wildman–Crippen LogP) is 5.55. The topological polar surface area (TPSA) is 102 Å². The summed E-state index contributed by atoms with van der Waals surface area (Å²) >= 11 is 0. The number of ether oxygens (including phenoxy) is 6. The van der Waals surface area contributed by atoms with Crippen molar-refractivity contribution < 1.29 is 38.0 Å². The molecule has 0 heterocycles.